The van der Waals surface area contributed by atoms with Gasteiger partial charge in [0.05, 0.1) is 11.5 Å². The van der Waals surface area contributed by atoms with Crippen molar-refractivity contribution in [3.05, 3.63) is 47.5 Å². The second-order valence-electron chi connectivity index (χ2n) is 6.23. The zero-order valence-corrected chi connectivity index (χ0v) is 14.8. The standard InChI is InChI=1S/C17H21FN4O2S/c1-12-20-16(19-8-6-13-2-4-14(18)5-3-13)10-17(21-12)22-15-7-9-25(23,24)11-15/h2-5,10,15H,6-9,11H2,1H3,(H2,19,20,21,22). The molecule has 1 saturated heterocycles. The molecule has 0 aliphatic carbocycles. The summed E-state index contributed by atoms with van der Waals surface area (Å²) < 4.78 is 36.0. The van der Waals surface area contributed by atoms with E-state index in [0.717, 1.165) is 12.0 Å². The van der Waals surface area contributed by atoms with Gasteiger partial charge in [0.1, 0.15) is 23.3 Å². The highest BCUT2D eigenvalue weighted by molar-refractivity contribution is 7.91. The first-order valence-electron chi connectivity index (χ1n) is 8.21. The molecule has 1 atom stereocenters. The number of aromatic nitrogens is 2. The minimum absolute atomic E-state index is 0.105. The maximum atomic E-state index is 12.9. The highest BCUT2D eigenvalue weighted by Gasteiger charge is 2.28. The van der Waals surface area contributed by atoms with Gasteiger partial charge < -0.3 is 10.6 Å². The monoisotopic (exact) mass is 364 g/mol. The van der Waals surface area contributed by atoms with E-state index in [1.54, 1.807) is 25.1 Å². The molecule has 2 N–H and O–H groups in total. The lowest BCUT2D eigenvalue weighted by molar-refractivity contribution is 0.602. The molecule has 0 spiro atoms. The largest absolute Gasteiger partial charge is 0.370 e. The molecular weight excluding hydrogens is 343 g/mol. The number of rotatable bonds is 6. The Labute approximate surface area is 146 Å². The van der Waals surface area contributed by atoms with Gasteiger partial charge in [0.15, 0.2) is 9.84 Å². The maximum absolute atomic E-state index is 12.9. The molecule has 2 heterocycles. The summed E-state index contributed by atoms with van der Waals surface area (Å²) >= 11 is 0. The molecule has 8 heteroatoms. The average molecular weight is 364 g/mol. The lowest BCUT2D eigenvalue weighted by Crippen LogP contribution is -2.21. The van der Waals surface area contributed by atoms with Crippen LogP contribution >= 0.6 is 0 Å². The van der Waals surface area contributed by atoms with Crippen molar-refractivity contribution in [2.45, 2.75) is 25.8 Å². The molecule has 0 bridgehead atoms. The van der Waals surface area contributed by atoms with Crippen LogP contribution in [0.1, 0.15) is 17.8 Å². The number of hydrogen-bond donors (Lipinski definition) is 2. The molecule has 1 fully saturated rings. The second-order valence-corrected chi connectivity index (χ2v) is 8.46. The first kappa shape index (κ1) is 17.6. The van der Waals surface area contributed by atoms with Crippen LogP contribution in [0, 0.1) is 12.7 Å². The van der Waals surface area contributed by atoms with Crippen molar-refractivity contribution in [1.29, 1.82) is 0 Å². The van der Waals surface area contributed by atoms with Crippen LogP contribution in [0.2, 0.25) is 0 Å². The molecule has 0 saturated carbocycles. The van der Waals surface area contributed by atoms with Gasteiger partial charge in [0.25, 0.3) is 0 Å². The molecule has 0 radical (unpaired) electrons. The van der Waals surface area contributed by atoms with Crippen molar-refractivity contribution in [3.63, 3.8) is 0 Å². The molecule has 3 rings (SSSR count). The van der Waals surface area contributed by atoms with E-state index in [4.69, 9.17) is 0 Å². The van der Waals surface area contributed by atoms with Crippen LogP contribution in [0.5, 0.6) is 0 Å². The van der Waals surface area contributed by atoms with E-state index in [0.29, 0.717) is 30.4 Å². The topological polar surface area (TPSA) is 84.0 Å². The van der Waals surface area contributed by atoms with Crippen LogP contribution in [0.4, 0.5) is 16.0 Å². The van der Waals surface area contributed by atoms with Gasteiger partial charge in [-0.1, -0.05) is 12.1 Å². The van der Waals surface area contributed by atoms with Gasteiger partial charge in [0.2, 0.25) is 0 Å². The van der Waals surface area contributed by atoms with Crippen molar-refractivity contribution < 1.29 is 12.8 Å². The number of hydrogen-bond acceptors (Lipinski definition) is 6. The molecule has 1 aliphatic heterocycles. The molecule has 1 unspecified atom stereocenters. The first-order valence-corrected chi connectivity index (χ1v) is 10.0. The Hall–Kier alpha value is -2.22. The van der Waals surface area contributed by atoms with Gasteiger partial charge in [-0.2, -0.15) is 0 Å². The van der Waals surface area contributed by atoms with Crippen LogP contribution in [0.25, 0.3) is 0 Å². The van der Waals surface area contributed by atoms with Crippen molar-refractivity contribution in [3.8, 4) is 0 Å². The Balaban J connectivity index is 1.58. The predicted molar refractivity (Wildman–Crippen MR) is 96.0 cm³/mol. The SMILES string of the molecule is Cc1nc(NCCc2ccc(F)cc2)cc(NC2CCS(=O)(=O)C2)n1. The fourth-order valence-electron chi connectivity index (χ4n) is 2.84. The Morgan fingerprint density at radius 1 is 1.20 bits per heavy atom. The van der Waals surface area contributed by atoms with Gasteiger partial charge >= 0.3 is 0 Å². The van der Waals surface area contributed by atoms with Gasteiger partial charge in [-0.3, -0.25) is 0 Å². The number of benzene rings is 1. The quantitative estimate of drug-likeness (QED) is 0.817. The summed E-state index contributed by atoms with van der Waals surface area (Å²) in [4.78, 5) is 8.66. The summed E-state index contributed by atoms with van der Waals surface area (Å²) in [6.07, 6.45) is 1.34. The third kappa shape index (κ3) is 5.12. The van der Waals surface area contributed by atoms with E-state index in [2.05, 4.69) is 20.6 Å². The zero-order valence-electron chi connectivity index (χ0n) is 14.0. The van der Waals surface area contributed by atoms with Crippen molar-refractivity contribution in [2.24, 2.45) is 0 Å². The number of anilines is 2. The second kappa shape index (κ2) is 7.35. The van der Waals surface area contributed by atoms with E-state index >= 15 is 0 Å². The highest BCUT2D eigenvalue weighted by Crippen LogP contribution is 2.18. The van der Waals surface area contributed by atoms with Crippen molar-refractivity contribution >= 4 is 21.5 Å². The predicted octanol–water partition coefficient (Wildman–Crippen LogP) is 2.18. The summed E-state index contributed by atoms with van der Waals surface area (Å²) in [6, 6.07) is 8.09. The van der Waals surface area contributed by atoms with Crippen LogP contribution in [-0.4, -0.2) is 42.5 Å². The number of nitrogens with one attached hydrogen (secondary N) is 2. The average Bonchev–Trinajstić information content (AvgIpc) is 2.87. The van der Waals surface area contributed by atoms with E-state index in [1.807, 2.05) is 0 Å². The fraction of sp³-hybridized carbons (Fsp3) is 0.412. The number of aryl methyl sites for hydroxylation is 1. The summed E-state index contributed by atoms with van der Waals surface area (Å²) in [6.45, 7) is 2.45. The minimum Gasteiger partial charge on any atom is -0.370 e. The Morgan fingerprint density at radius 3 is 2.60 bits per heavy atom. The van der Waals surface area contributed by atoms with Crippen LogP contribution in [-0.2, 0) is 16.3 Å². The van der Waals surface area contributed by atoms with E-state index in [9.17, 15) is 12.8 Å². The molecule has 6 nitrogen and oxygen atoms in total. The lowest BCUT2D eigenvalue weighted by atomic mass is 10.1. The van der Waals surface area contributed by atoms with Crippen LogP contribution in [0.3, 0.4) is 0 Å². The molecule has 134 valence electrons. The van der Waals surface area contributed by atoms with Crippen molar-refractivity contribution in [2.75, 3.05) is 28.7 Å². The zero-order chi connectivity index (χ0) is 17.9. The lowest BCUT2D eigenvalue weighted by Gasteiger charge is -2.13. The normalized spacial score (nSPS) is 18.9. The number of halogens is 1. The number of sulfone groups is 1. The summed E-state index contributed by atoms with van der Waals surface area (Å²) in [5, 5.41) is 6.41. The van der Waals surface area contributed by atoms with Gasteiger partial charge in [-0.05, 0) is 37.5 Å². The summed E-state index contributed by atoms with van der Waals surface area (Å²) in [7, 11) is -2.93. The Bertz CT molecular complexity index is 840. The third-order valence-corrected chi connectivity index (χ3v) is 5.82. The Morgan fingerprint density at radius 2 is 1.92 bits per heavy atom. The molecule has 2 aromatic rings. The molecule has 1 aliphatic rings. The van der Waals surface area contributed by atoms with Crippen molar-refractivity contribution in [1.82, 2.24) is 9.97 Å². The molecule has 0 amide bonds. The van der Waals surface area contributed by atoms with E-state index in [1.165, 1.54) is 12.1 Å². The highest BCUT2D eigenvalue weighted by atomic mass is 32.2. The minimum atomic E-state index is -2.93. The molecule has 25 heavy (non-hydrogen) atoms. The fourth-order valence-corrected chi connectivity index (χ4v) is 4.51. The van der Waals surface area contributed by atoms with Gasteiger partial charge in [0, 0.05) is 18.7 Å². The molecular formula is C17H21FN4O2S. The Kier molecular flexibility index (Phi) is 5.17. The smallest absolute Gasteiger partial charge is 0.152 e. The third-order valence-electron chi connectivity index (χ3n) is 4.06. The van der Waals surface area contributed by atoms with Gasteiger partial charge in [-0.15, -0.1) is 0 Å². The van der Waals surface area contributed by atoms with Crippen LogP contribution < -0.4 is 10.6 Å². The first-order chi connectivity index (χ1) is 11.9. The van der Waals surface area contributed by atoms with E-state index in [-0.39, 0.29) is 23.4 Å². The number of nitrogens with zero attached hydrogens (tertiary/aromatic N) is 2. The van der Waals surface area contributed by atoms with Gasteiger partial charge in [-0.25, -0.2) is 22.8 Å². The summed E-state index contributed by atoms with van der Waals surface area (Å²) in [5.74, 6) is 2.03. The molecule has 1 aromatic carbocycles. The van der Waals surface area contributed by atoms with Crippen LogP contribution in [0.15, 0.2) is 30.3 Å². The van der Waals surface area contributed by atoms with E-state index < -0.39 is 9.84 Å². The maximum Gasteiger partial charge on any atom is 0.152 e. The molecule has 1 aromatic heterocycles. The summed E-state index contributed by atoms with van der Waals surface area (Å²) in [5.41, 5.74) is 1.04.